The molecular weight excluding hydrogens is 192 g/mol. The highest BCUT2D eigenvalue weighted by molar-refractivity contribution is 5.93. The monoisotopic (exact) mass is 206 g/mol. The first-order chi connectivity index (χ1) is 7.36. The molecule has 4 heteroatoms. The first kappa shape index (κ1) is 10.2. The van der Waals surface area contributed by atoms with Crippen molar-refractivity contribution in [3.05, 3.63) is 24.3 Å². The number of ether oxygens (including phenoxy) is 1. The van der Waals surface area contributed by atoms with Crippen LogP contribution in [0.2, 0.25) is 0 Å². The minimum Gasteiger partial charge on any atom is -0.381 e. The van der Waals surface area contributed by atoms with Crippen molar-refractivity contribution in [2.24, 2.45) is 5.92 Å². The van der Waals surface area contributed by atoms with Crippen molar-refractivity contribution in [3.63, 3.8) is 0 Å². The Morgan fingerprint density at radius 1 is 1.40 bits per heavy atom. The van der Waals surface area contributed by atoms with E-state index in [0.29, 0.717) is 18.0 Å². The maximum Gasteiger partial charge on any atom is 0.183 e. The fourth-order valence-corrected chi connectivity index (χ4v) is 1.76. The Balaban J connectivity index is 1.91. The molecule has 0 bridgehead atoms. The molecule has 15 heavy (non-hydrogen) atoms. The highest BCUT2D eigenvalue weighted by Gasteiger charge is 2.18. The van der Waals surface area contributed by atoms with Gasteiger partial charge in [0.1, 0.15) is 5.69 Å². The summed E-state index contributed by atoms with van der Waals surface area (Å²) < 4.78 is 5.25. The predicted molar refractivity (Wildman–Crippen MR) is 54.5 cm³/mol. The maximum atomic E-state index is 11.8. The summed E-state index contributed by atoms with van der Waals surface area (Å²) in [6.07, 6.45) is 7.18. The molecule has 2 heterocycles. The summed E-state index contributed by atoms with van der Waals surface area (Å²) in [6, 6.07) is 0. The van der Waals surface area contributed by atoms with E-state index in [0.717, 1.165) is 26.1 Å². The van der Waals surface area contributed by atoms with Gasteiger partial charge in [-0.3, -0.25) is 9.78 Å². The highest BCUT2D eigenvalue weighted by Crippen LogP contribution is 2.19. The predicted octanol–water partition coefficient (Wildman–Crippen LogP) is 1.48. The van der Waals surface area contributed by atoms with Gasteiger partial charge in [-0.15, -0.1) is 0 Å². The summed E-state index contributed by atoms with van der Waals surface area (Å²) in [4.78, 5) is 19.7. The molecule has 0 spiro atoms. The summed E-state index contributed by atoms with van der Waals surface area (Å²) in [5.41, 5.74) is 0.476. The lowest BCUT2D eigenvalue weighted by molar-refractivity contribution is 0.0599. The zero-order valence-corrected chi connectivity index (χ0v) is 8.56. The van der Waals surface area contributed by atoms with E-state index >= 15 is 0 Å². The van der Waals surface area contributed by atoms with Gasteiger partial charge in [-0.05, 0) is 18.8 Å². The SMILES string of the molecule is O=C(CC1CCOCC1)c1cnccn1. The molecule has 0 aromatic carbocycles. The molecule has 0 aliphatic carbocycles. The van der Waals surface area contributed by atoms with E-state index in [4.69, 9.17) is 4.74 Å². The van der Waals surface area contributed by atoms with Crippen LogP contribution in [0.15, 0.2) is 18.6 Å². The van der Waals surface area contributed by atoms with Gasteiger partial charge in [0.25, 0.3) is 0 Å². The summed E-state index contributed by atoms with van der Waals surface area (Å²) in [5.74, 6) is 0.545. The van der Waals surface area contributed by atoms with Gasteiger partial charge in [0.05, 0.1) is 6.20 Å². The Labute approximate surface area is 88.7 Å². The Morgan fingerprint density at radius 3 is 2.87 bits per heavy atom. The number of aromatic nitrogens is 2. The molecule has 0 saturated carbocycles. The molecule has 0 atom stereocenters. The fraction of sp³-hybridized carbons (Fsp3) is 0.545. The average molecular weight is 206 g/mol. The van der Waals surface area contributed by atoms with Crippen molar-refractivity contribution in [3.8, 4) is 0 Å². The summed E-state index contributed by atoms with van der Waals surface area (Å²) >= 11 is 0. The lowest BCUT2D eigenvalue weighted by atomic mass is 9.93. The molecule has 0 amide bonds. The van der Waals surface area contributed by atoms with Crippen molar-refractivity contribution in [1.29, 1.82) is 0 Å². The molecule has 4 nitrogen and oxygen atoms in total. The van der Waals surface area contributed by atoms with Crippen LogP contribution in [0.25, 0.3) is 0 Å². The van der Waals surface area contributed by atoms with Gasteiger partial charge in [-0.2, -0.15) is 0 Å². The molecule has 0 N–H and O–H groups in total. The van der Waals surface area contributed by atoms with Crippen molar-refractivity contribution in [2.75, 3.05) is 13.2 Å². The minimum atomic E-state index is 0.0926. The number of carbonyl (C=O) groups is 1. The van der Waals surface area contributed by atoms with E-state index < -0.39 is 0 Å². The molecule has 1 aliphatic heterocycles. The van der Waals surface area contributed by atoms with Crippen LogP contribution in [-0.4, -0.2) is 29.0 Å². The second-order valence-electron chi connectivity index (χ2n) is 3.77. The smallest absolute Gasteiger partial charge is 0.183 e. The van der Waals surface area contributed by atoms with Crippen LogP contribution in [0.1, 0.15) is 29.8 Å². The molecule has 80 valence electrons. The summed E-state index contributed by atoms with van der Waals surface area (Å²) in [7, 11) is 0. The van der Waals surface area contributed by atoms with E-state index in [1.54, 1.807) is 12.4 Å². The number of nitrogens with zero attached hydrogens (tertiary/aromatic N) is 2. The van der Waals surface area contributed by atoms with Crippen LogP contribution >= 0.6 is 0 Å². The molecule has 1 aromatic rings. The zero-order chi connectivity index (χ0) is 10.5. The van der Waals surface area contributed by atoms with Gasteiger partial charge in [0.2, 0.25) is 0 Å². The van der Waals surface area contributed by atoms with Crippen LogP contribution in [0.5, 0.6) is 0 Å². The van der Waals surface area contributed by atoms with E-state index in [2.05, 4.69) is 9.97 Å². The first-order valence-electron chi connectivity index (χ1n) is 5.23. The maximum absolute atomic E-state index is 11.8. The third-order valence-electron chi connectivity index (χ3n) is 2.66. The lowest BCUT2D eigenvalue weighted by Crippen LogP contribution is -2.19. The van der Waals surface area contributed by atoms with Gasteiger partial charge in [-0.25, -0.2) is 4.98 Å². The number of rotatable bonds is 3. The normalized spacial score (nSPS) is 17.6. The molecular formula is C11H14N2O2. The van der Waals surface area contributed by atoms with Gasteiger partial charge in [-0.1, -0.05) is 0 Å². The quantitative estimate of drug-likeness (QED) is 0.703. The van der Waals surface area contributed by atoms with Crippen molar-refractivity contribution < 1.29 is 9.53 Å². The number of hydrogen-bond acceptors (Lipinski definition) is 4. The Hall–Kier alpha value is -1.29. The highest BCUT2D eigenvalue weighted by atomic mass is 16.5. The second kappa shape index (κ2) is 4.98. The van der Waals surface area contributed by atoms with Crippen LogP contribution in [-0.2, 0) is 4.74 Å². The molecule has 0 unspecified atom stereocenters. The average Bonchev–Trinajstić information content (AvgIpc) is 2.31. The molecule has 1 saturated heterocycles. The topological polar surface area (TPSA) is 52.1 Å². The van der Waals surface area contributed by atoms with E-state index in [-0.39, 0.29) is 5.78 Å². The largest absolute Gasteiger partial charge is 0.381 e. The molecule has 1 aromatic heterocycles. The number of hydrogen-bond donors (Lipinski definition) is 0. The van der Waals surface area contributed by atoms with Crippen molar-refractivity contribution >= 4 is 5.78 Å². The van der Waals surface area contributed by atoms with Gasteiger partial charge in [0, 0.05) is 32.0 Å². The van der Waals surface area contributed by atoms with Crippen molar-refractivity contribution in [1.82, 2.24) is 9.97 Å². The summed E-state index contributed by atoms with van der Waals surface area (Å²) in [5, 5.41) is 0. The molecule has 0 radical (unpaired) electrons. The third-order valence-corrected chi connectivity index (χ3v) is 2.66. The Morgan fingerprint density at radius 2 is 2.20 bits per heavy atom. The van der Waals surface area contributed by atoms with Gasteiger partial charge < -0.3 is 4.74 Å². The number of ketones is 1. The summed E-state index contributed by atoms with van der Waals surface area (Å²) in [6.45, 7) is 1.55. The van der Waals surface area contributed by atoms with Gasteiger partial charge in [0.15, 0.2) is 5.78 Å². The zero-order valence-electron chi connectivity index (χ0n) is 8.56. The van der Waals surface area contributed by atoms with Crippen LogP contribution in [0.4, 0.5) is 0 Å². The number of carbonyl (C=O) groups excluding carboxylic acids is 1. The Kier molecular flexibility index (Phi) is 3.40. The van der Waals surface area contributed by atoms with Crippen LogP contribution < -0.4 is 0 Å². The minimum absolute atomic E-state index is 0.0926. The van der Waals surface area contributed by atoms with Crippen LogP contribution in [0, 0.1) is 5.92 Å². The molecule has 1 fully saturated rings. The van der Waals surface area contributed by atoms with E-state index in [1.165, 1.54) is 6.20 Å². The third kappa shape index (κ3) is 2.83. The lowest BCUT2D eigenvalue weighted by Gasteiger charge is -2.20. The van der Waals surface area contributed by atoms with Crippen LogP contribution in [0.3, 0.4) is 0 Å². The molecule has 2 rings (SSSR count). The van der Waals surface area contributed by atoms with E-state index in [1.807, 2.05) is 0 Å². The van der Waals surface area contributed by atoms with E-state index in [9.17, 15) is 4.79 Å². The van der Waals surface area contributed by atoms with Crippen molar-refractivity contribution in [2.45, 2.75) is 19.3 Å². The first-order valence-corrected chi connectivity index (χ1v) is 5.23. The van der Waals surface area contributed by atoms with Gasteiger partial charge >= 0.3 is 0 Å². The number of Topliss-reactive ketones (excluding diaryl/α,β-unsaturated/α-hetero) is 1. The second-order valence-corrected chi connectivity index (χ2v) is 3.77. The molecule has 1 aliphatic rings. The Bertz CT molecular complexity index is 321. The fourth-order valence-electron chi connectivity index (χ4n) is 1.76. The standard InChI is InChI=1S/C11H14N2O2/c14-11(10-8-12-3-4-13-10)7-9-1-5-15-6-2-9/h3-4,8-9H,1-2,5-7H2.